The van der Waals surface area contributed by atoms with Crippen LogP contribution in [0.2, 0.25) is 0 Å². The maximum atomic E-state index is 5.87. The Hall–Kier alpha value is -1.03. The van der Waals surface area contributed by atoms with Crippen molar-refractivity contribution in [2.24, 2.45) is 0 Å². The summed E-state index contributed by atoms with van der Waals surface area (Å²) in [6.07, 6.45) is 2.24. The van der Waals surface area contributed by atoms with Gasteiger partial charge in [0.2, 0.25) is 0 Å². The molecule has 0 amide bonds. The lowest BCUT2D eigenvalue weighted by molar-refractivity contribution is 0.244. The van der Waals surface area contributed by atoms with E-state index >= 15 is 0 Å². The highest BCUT2D eigenvalue weighted by Crippen LogP contribution is 2.27. The van der Waals surface area contributed by atoms with Gasteiger partial charge in [0.25, 0.3) is 0 Å². The predicted molar refractivity (Wildman–Crippen MR) is 78.1 cm³/mol. The Kier molecular flexibility index (Phi) is 5.48. The van der Waals surface area contributed by atoms with Gasteiger partial charge in [0.1, 0.15) is 5.75 Å². The highest BCUT2D eigenvalue weighted by Gasteiger charge is 2.06. The van der Waals surface area contributed by atoms with Gasteiger partial charge in [-0.05, 0) is 39.2 Å². The second kappa shape index (κ2) is 6.64. The molecule has 1 atom stereocenters. The Bertz CT molecular complexity index is 355. The third kappa shape index (κ3) is 4.77. The molecule has 4 heteroatoms. The second-order valence-electron chi connectivity index (χ2n) is 4.42. The number of nitrogens with one attached hydrogen (secondary N) is 1. The highest BCUT2D eigenvalue weighted by atomic mass is 32.2. The average Bonchev–Trinajstić information content (AvgIpc) is 2.22. The van der Waals surface area contributed by atoms with Crippen LogP contribution < -0.4 is 15.8 Å². The van der Waals surface area contributed by atoms with E-state index in [0.29, 0.717) is 11.7 Å². The van der Waals surface area contributed by atoms with Crippen LogP contribution in [0.25, 0.3) is 0 Å². The van der Waals surface area contributed by atoms with Gasteiger partial charge in [0.15, 0.2) is 0 Å². The molecule has 0 aliphatic heterocycles. The molecule has 0 spiro atoms. The second-order valence-corrected chi connectivity index (χ2v) is 5.33. The van der Waals surface area contributed by atoms with Crippen LogP contribution in [-0.4, -0.2) is 24.2 Å². The van der Waals surface area contributed by atoms with Crippen molar-refractivity contribution in [3.63, 3.8) is 0 Å². The first-order valence-electron chi connectivity index (χ1n) is 5.84. The van der Waals surface area contributed by atoms with Gasteiger partial charge >= 0.3 is 0 Å². The van der Waals surface area contributed by atoms with E-state index in [1.54, 1.807) is 0 Å². The van der Waals surface area contributed by atoms with Crippen molar-refractivity contribution in [2.45, 2.75) is 32.9 Å². The van der Waals surface area contributed by atoms with E-state index in [1.165, 1.54) is 0 Å². The van der Waals surface area contributed by atoms with Crippen LogP contribution in [-0.2, 0) is 0 Å². The maximum absolute atomic E-state index is 5.87. The molecule has 0 heterocycles. The van der Waals surface area contributed by atoms with Crippen molar-refractivity contribution >= 4 is 23.1 Å². The number of nitrogens with two attached hydrogens (primary N) is 1. The van der Waals surface area contributed by atoms with Crippen LogP contribution in [0.15, 0.2) is 18.2 Å². The molecule has 96 valence electrons. The number of nitrogen functional groups attached to an aromatic ring is 1. The van der Waals surface area contributed by atoms with Crippen LogP contribution in [0.1, 0.15) is 20.8 Å². The molecule has 0 aromatic heterocycles. The van der Waals surface area contributed by atoms with E-state index in [1.807, 2.05) is 43.8 Å². The topological polar surface area (TPSA) is 47.3 Å². The molecule has 0 bridgehead atoms. The van der Waals surface area contributed by atoms with E-state index in [9.17, 15) is 0 Å². The summed E-state index contributed by atoms with van der Waals surface area (Å²) in [7, 11) is 0. The van der Waals surface area contributed by atoms with Crippen molar-refractivity contribution in [3.05, 3.63) is 18.2 Å². The standard InChI is InChI=1S/C13H22N2OS/c1-9(2)16-13-7-11(5-6-12(13)14)15-10(3)8-17-4/h5-7,9-10,15H,8,14H2,1-4H3. The Morgan fingerprint density at radius 3 is 2.65 bits per heavy atom. The van der Waals surface area contributed by atoms with Crippen LogP contribution in [0, 0.1) is 0 Å². The molecule has 1 aromatic rings. The van der Waals surface area contributed by atoms with Crippen molar-refractivity contribution in [2.75, 3.05) is 23.1 Å². The van der Waals surface area contributed by atoms with E-state index in [-0.39, 0.29) is 6.10 Å². The fourth-order valence-electron chi connectivity index (χ4n) is 1.56. The normalized spacial score (nSPS) is 12.5. The molecular weight excluding hydrogens is 232 g/mol. The van der Waals surface area contributed by atoms with Crippen molar-refractivity contribution in [3.8, 4) is 5.75 Å². The first-order chi connectivity index (χ1) is 8.02. The zero-order valence-electron chi connectivity index (χ0n) is 11.0. The molecule has 3 N–H and O–H groups in total. The van der Waals surface area contributed by atoms with Crippen LogP contribution >= 0.6 is 11.8 Å². The Morgan fingerprint density at radius 2 is 2.06 bits per heavy atom. The molecule has 0 aliphatic carbocycles. The number of hydrogen-bond donors (Lipinski definition) is 2. The monoisotopic (exact) mass is 254 g/mol. The van der Waals surface area contributed by atoms with Gasteiger partial charge in [-0.1, -0.05) is 0 Å². The zero-order valence-corrected chi connectivity index (χ0v) is 11.8. The van der Waals surface area contributed by atoms with Gasteiger partial charge in [-0.2, -0.15) is 11.8 Å². The molecule has 17 heavy (non-hydrogen) atoms. The maximum Gasteiger partial charge on any atom is 0.144 e. The lowest BCUT2D eigenvalue weighted by Gasteiger charge is -2.17. The molecule has 0 fully saturated rings. The SMILES string of the molecule is CSCC(C)Nc1ccc(N)c(OC(C)C)c1. The van der Waals surface area contributed by atoms with Crippen LogP contribution in [0.5, 0.6) is 5.75 Å². The number of thioether (sulfide) groups is 1. The summed E-state index contributed by atoms with van der Waals surface area (Å²) in [5.41, 5.74) is 7.60. The van der Waals surface area contributed by atoms with E-state index in [0.717, 1.165) is 17.2 Å². The molecule has 0 saturated heterocycles. The quantitative estimate of drug-likeness (QED) is 0.765. The van der Waals surface area contributed by atoms with Crippen LogP contribution in [0.3, 0.4) is 0 Å². The summed E-state index contributed by atoms with van der Waals surface area (Å²) in [5.74, 6) is 1.83. The average molecular weight is 254 g/mol. The Balaban J connectivity index is 2.74. The number of benzene rings is 1. The lowest BCUT2D eigenvalue weighted by atomic mass is 10.2. The molecule has 3 nitrogen and oxygen atoms in total. The van der Waals surface area contributed by atoms with Gasteiger partial charge in [0, 0.05) is 23.5 Å². The minimum atomic E-state index is 0.135. The molecule has 0 aliphatic rings. The summed E-state index contributed by atoms with van der Waals surface area (Å²) in [6, 6.07) is 6.26. The van der Waals surface area contributed by atoms with Gasteiger partial charge in [-0.3, -0.25) is 0 Å². The van der Waals surface area contributed by atoms with Gasteiger partial charge in [-0.15, -0.1) is 0 Å². The van der Waals surface area contributed by atoms with Crippen LogP contribution in [0.4, 0.5) is 11.4 Å². The number of hydrogen-bond acceptors (Lipinski definition) is 4. The highest BCUT2D eigenvalue weighted by molar-refractivity contribution is 7.98. The first-order valence-corrected chi connectivity index (χ1v) is 7.24. The fraction of sp³-hybridized carbons (Fsp3) is 0.538. The number of rotatable bonds is 6. The minimum absolute atomic E-state index is 0.135. The molecular formula is C13H22N2OS. The summed E-state index contributed by atoms with van der Waals surface area (Å²) in [6.45, 7) is 6.15. The Labute approximate surface area is 108 Å². The molecule has 1 unspecified atom stereocenters. The molecule has 0 saturated carbocycles. The molecule has 0 radical (unpaired) electrons. The molecule has 1 rings (SSSR count). The Morgan fingerprint density at radius 1 is 1.35 bits per heavy atom. The van der Waals surface area contributed by atoms with Gasteiger partial charge < -0.3 is 15.8 Å². The summed E-state index contributed by atoms with van der Waals surface area (Å²) >= 11 is 1.83. The number of ether oxygens (including phenoxy) is 1. The lowest BCUT2D eigenvalue weighted by Crippen LogP contribution is -2.18. The summed E-state index contributed by atoms with van der Waals surface area (Å²) in [4.78, 5) is 0. The van der Waals surface area contributed by atoms with Crippen molar-refractivity contribution in [1.29, 1.82) is 0 Å². The third-order valence-corrected chi connectivity index (χ3v) is 3.04. The van der Waals surface area contributed by atoms with Gasteiger partial charge in [-0.25, -0.2) is 0 Å². The smallest absolute Gasteiger partial charge is 0.144 e. The summed E-state index contributed by atoms with van der Waals surface area (Å²) < 4.78 is 5.66. The summed E-state index contributed by atoms with van der Waals surface area (Å²) in [5, 5.41) is 3.43. The number of anilines is 2. The first kappa shape index (κ1) is 14.0. The zero-order chi connectivity index (χ0) is 12.8. The molecule has 1 aromatic carbocycles. The predicted octanol–water partition coefficient (Wildman–Crippen LogP) is 3.22. The van der Waals surface area contributed by atoms with Crippen molar-refractivity contribution in [1.82, 2.24) is 0 Å². The largest absolute Gasteiger partial charge is 0.489 e. The van der Waals surface area contributed by atoms with Gasteiger partial charge in [0.05, 0.1) is 11.8 Å². The minimum Gasteiger partial charge on any atom is -0.489 e. The van der Waals surface area contributed by atoms with Crippen molar-refractivity contribution < 1.29 is 4.74 Å². The van der Waals surface area contributed by atoms with E-state index in [2.05, 4.69) is 18.5 Å². The third-order valence-electron chi connectivity index (χ3n) is 2.21. The van der Waals surface area contributed by atoms with E-state index in [4.69, 9.17) is 10.5 Å². The fourth-order valence-corrected chi connectivity index (χ4v) is 2.14. The van der Waals surface area contributed by atoms with E-state index < -0.39 is 0 Å².